The number of carbonyl (C=O) groups is 2. The van der Waals surface area contributed by atoms with E-state index in [1.807, 2.05) is 36.0 Å². The normalized spacial score (nSPS) is 23.8. The van der Waals surface area contributed by atoms with Crippen molar-refractivity contribution in [2.45, 2.75) is 25.4 Å². The first-order valence-electron chi connectivity index (χ1n) is 8.39. The van der Waals surface area contributed by atoms with E-state index in [1.165, 1.54) is 0 Å². The van der Waals surface area contributed by atoms with E-state index in [0.717, 1.165) is 18.0 Å². The molecule has 2 fully saturated rings. The molecule has 0 spiro atoms. The van der Waals surface area contributed by atoms with Crippen molar-refractivity contribution >= 4 is 17.6 Å². The second-order valence-electron chi connectivity index (χ2n) is 6.57. The Morgan fingerprint density at radius 3 is 2.96 bits per heavy atom. The van der Waals surface area contributed by atoms with Crippen LogP contribution < -0.4 is 15.0 Å². The van der Waals surface area contributed by atoms with E-state index in [2.05, 4.69) is 10.3 Å². The van der Waals surface area contributed by atoms with Gasteiger partial charge in [-0.1, -0.05) is 0 Å². The predicted octanol–water partition coefficient (Wildman–Crippen LogP) is 0.654. The summed E-state index contributed by atoms with van der Waals surface area (Å²) >= 11 is 0. The molecule has 130 valence electrons. The zero-order chi connectivity index (χ0) is 17.1. The average molecular weight is 332 g/mol. The smallest absolute Gasteiger partial charge is 0.227 e. The molecule has 7 nitrogen and oxygen atoms in total. The Balaban J connectivity index is 1.58. The van der Waals surface area contributed by atoms with E-state index in [9.17, 15) is 9.59 Å². The molecule has 1 N–H and O–H groups in total. The van der Waals surface area contributed by atoms with Crippen molar-refractivity contribution in [3.8, 4) is 5.75 Å². The highest BCUT2D eigenvalue weighted by molar-refractivity contribution is 5.84. The molecule has 0 unspecified atom stereocenters. The summed E-state index contributed by atoms with van der Waals surface area (Å²) in [6, 6.07) is 3.76. The van der Waals surface area contributed by atoms with Crippen molar-refractivity contribution in [3.05, 3.63) is 18.3 Å². The molecule has 0 radical (unpaired) electrons. The lowest BCUT2D eigenvalue weighted by Crippen LogP contribution is -2.44. The highest BCUT2D eigenvalue weighted by atomic mass is 16.5. The van der Waals surface area contributed by atoms with Crippen LogP contribution in [0.1, 0.15) is 19.3 Å². The van der Waals surface area contributed by atoms with Crippen molar-refractivity contribution < 1.29 is 14.3 Å². The van der Waals surface area contributed by atoms with E-state index >= 15 is 0 Å². The van der Waals surface area contributed by atoms with E-state index in [1.54, 1.807) is 6.20 Å². The highest BCUT2D eigenvalue weighted by Gasteiger charge is 2.33. The van der Waals surface area contributed by atoms with Crippen molar-refractivity contribution in [2.24, 2.45) is 5.92 Å². The molecule has 2 amide bonds. The minimum absolute atomic E-state index is 0.0185. The summed E-state index contributed by atoms with van der Waals surface area (Å²) in [6.07, 6.45) is 3.61. The van der Waals surface area contributed by atoms with Gasteiger partial charge in [0.25, 0.3) is 0 Å². The van der Waals surface area contributed by atoms with Crippen molar-refractivity contribution in [2.75, 3.05) is 38.6 Å². The van der Waals surface area contributed by atoms with Gasteiger partial charge >= 0.3 is 0 Å². The van der Waals surface area contributed by atoms with Gasteiger partial charge in [0.15, 0.2) is 11.6 Å². The van der Waals surface area contributed by atoms with E-state index in [-0.39, 0.29) is 23.8 Å². The molecule has 1 aromatic heterocycles. The first-order valence-corrected chi connectivity index (χ1v) is 8.39. The first-order chi connectivity index (χ1) is 11.5. The third-order valence-corrected chi connectivity index (χ3v) is 4.54. The number of likely N-dealkylation sites (tertiary alicyclic amines) is 1. The SMILES string of the molecule is CN(C)c1ncccc1O[C@H]1CCN(C(=O)[C@@H]2CCC(=O)NC2)C1. The number of nitrogens with zero attached hydrogens (tertiary/aromatic N) is 3. The lowest BCUT2D eigenvalue weighted by molar-refractivity contribution is -0.136. The number of anilines is 1. The molecule has 3 heterocycles. The molecule has 1 aromatic rings. The number of hydrogen-bond donors (Lipinski definition) is 1. The largest absolute Gasteiger partial charge is 0.485 e. The molecule has 2 saturated heterocycles. The van der Waals surface area contributed by atoms with Crippen LogP contribution in [0.25, 0.3) is 0 Å². The van der Waals surface area contributed by atoms with Crippen LogP contribution in [-0.4, -0.2) is 61.5 Å². The standard InChI is InChI=1S/C17H24N4O3/c1-20(2)16-14(4-3-8-18-16)24-13-7-9-21(11-13)17(23)12-5-6-15(22)19-10-12/h3-4,8,12-13H,5-7,9-11H2,1-2H3,(H,19,22)/t12-,13+/m1/s1. The number of nitrogens with one attached hydrogen (secondary N) is 1. The lowest BCUT2D eigenvalue weighted by Gasteiger charge is -2.26. The maximum atomic E-state index is 12.6. The van der Waals surface area contributed by atoms with Crippen molar-refractivity contribution in [1.29, 1.82) is 0 Å². The zero-order valence-electron chi connectivity index (χ0n) is 14.2. The summed E-state index contributed by atoms with van der Waals surface area (Å²) in [5.74, 6) is 1.59. The van der Waals surface area contributed by atoms with Gasteiger partial charge < -0.3 is 19.9 Å². The molecule has 24 heavy (non-hydrogen) atoms. The third kappa shape index (κ3) is 3.60. The Hall–Kier alpha value is -2.31. The minimum Gasteiger partial charge on any atom is -0.485 e. The van der Waals surface area contributed by atoms with Gasteiger partial charge in [0, 0.05) is 46.2 Å². The van der Waals surface area contributed by atoms with Crippen LogP contribution in [-0.2, 0) is 9.59 Å². The number of pyridine rings is 1. The summed E-state index contributed by atoms with van der Waals surface area (Å²) in [5.41, 5.74) is 0. The number of aromatic nitrogens is 1. The number of ether oxygens (including phenoxy) is 1. The van der Waals surface area contributed by atoms with Gasteiger partial charge in [0.05, 0.1) is 12.5 Å². The number of amides is 2. The molecule has 2 atom stereocenters. The van der Waals surface area contributed by atoms with Crippen molar-refractivity contribution in [3.63, 3.8) is 0 Å². The van der Waals surface area contributed by atoms with Gasteiger partial charge in [-0.2, -0.15) is 0 Å². The Morgan fingerprint density at radius 2 is 2.25 bits per heavy atom. The molecule has 3 rings (SSSR count). The Kier molecular flexibility index (Phi) is 4.87. The van der Waals surface area contributed by atoms with Crippen LogP contribution in [0.15, 0.2) is 18.3 Å². The quantitative estimate of drug-likeness (QED) is 0.876. The maximum Gasteiger partial charge on any atom is 0.227 e. The summed E-state index contributed by atoms with van der Waals surface area (Å²) in [5, 5.41) is 2.78. The van der Waals surface area contributed by atoms with Crippen molar-refractivity contribution in [1.82, 2.24) is 15.2 Å². The highest BCUT2D eigenvalue weighted by Crippen LogP contribution is 2.27. The molecule has 0 saturated carbocycles. The molecule has 2 aliphatic heterocycles. The molecule has 0 bridgehead atoms. The molecule has 7 heteroatoms. The molecular weight excluding hydrogens is 308 g/mol. The second-order valence-corrected chi connectivity index (χ2v) is 6.57. The number of hydrogen-bond acceptors (Lipinski definition) is 5. The second kappa shape index (κ2) is 7.07. The summed E-state index contributed by atoms with van der Waals surface area (Å²) < 4.78 is 6.08. The van der Waals surface area contributed by atoms with Crippen LogP contribution in [0.2, 0.25) is 0 Å². The Labute approximate surface area is 142 Å². The molecule has 0 aromatic carbocycles. The number of piperidine rings is 1. The summed E-state index contributed by atoms with van der Waals surface area (Å²) in [7, 11) is 3.86. The van der Waals surface area contributed by atoms with E-state index in [4.69, 9.17) is 4.74 Å². The average Bonchev–Trinajstić information content (AvgIpc) is 3.04. The Morgan fingerprint density at radius 1 is 1.42 bits per heavy atom. The first kappa shape index (κ1) is 16.5. The van der Waals surface area contributed by atoms with Crippen LogP contribution in [0.5, 0.6) is 5.75 Å². The van der Waals surface area contributed by atoms with Crippen LogP contribution in [0, 0.1) is 5.92 Å². The maximum absolute atomic E-state index is 12.6. The van der Waals surface area contributed by atoms with E-state index < -0.39 is 0 Å². The molecule has 0 aliphatic carbocycles. The van der Waals surface area contributed by atoms with Gasteiger partial charge in [-0.05, 0) is 18.6 Å². The van der Waals surface area contributed by atoms with Gasteiger partial charge in [0.1, 0.15) is 6.10 Å². The third-order valence-electron chi connectivity index (χ3n) is 4.54. The minimum atomic E-state index is -0.0998. The van der Waals surface area contributed by atoms with Crippen LogP contribution in [0.3, 0.4) is 0 Å². The molecular formula is C17H24N4O3. The summed E-state index contributed by atoms with van der Waals surface area (Å²) in [6.45, 7) is 1.74. The van der Waals surface area contributed by atoms with Crippen LogP contribution in [0.4, 0.5) is 5.82 Å². The fourth-order valence-corrected chi connectivity index (χ4v) is 3.22. The van der Waals surface area contributed by atoms with Gasteiger partial charge in [-0.25, -0.2) is 4.98 Å². The Bertz CT molecular complexity index is 610. The number of carbonyl (C=O) groups excluding carboxylic acids is 2. The fourth-order valence-electron chi connectivity index (χ4n) is 3.22. The van der Waals surface area contributed by atoms with Gasteiger partial charge in [0.2, 0.25) is 11.8 Å². The number of rotatable bonds is 4. The zero-order valence-corrected chi connectivity index (χ0v) is 14.2. The molecule has 2 aliphatic rings. The fraction of sp³-hybridized carbons (Fsp3) is 0.588. The van der Waals surface area contributed by atoms with Gasteiger partial charge in [-0.3, -0.25) is 9.59 Å². The predicted molar refractivity (Wildman–Crippen MR) is 89.9 cm³/mol. The van der Waals surface area contributed by atoms with Crippen LogP contribution >= 0.6 is 0 Å². The monoisotopic (exact) mass is 332 g/mol. The van der Waals surface area contributed by atoms with Gasteiger partial charge in [-0.15, -0.1) is 0 Å². The van der Waals surface area contributed by atoms with E-state index in [0.29, 0.717) is 32.5 Å². The summed E-state index contributed by atoms with van der Waals surface area (Å²) in [4.78, 5) is 31.9. The lowest BCUT2D eigenvalue weighted by atomic mass is 9.98. The topological polar surface area (TPSA) is 74.8 Å².